The van der Waals surface area contributed by atoms with Crippen LogP contribution in [0.15, 0.2) is 10.2 Å². The van der Waals surface area contributed by atoms with Gasteiger partial charge in [0.1, 0.15) is 0 Å². The molecule has 30 heavy (non-hydrogen) atoms. The Balaban J connectivity index is 1.55. The fraction of sp³-hybridized carbons (Fsp3) is 0.789. The summed E-state index contributed by atoms with van der Waals surface area (Å²) in [4.78, 5) is 4.84. The molecule has 4 N–H and O–H groups in total. The molecular formula is C19H36N8OS2. The lowest BCUT2D eigenvalue weighted by atomic mass is 10.3. The number of thiocarbonyl (C=S) groups is 2. The number of ether oxygens (including phenoxy) is 1. The van der Waals surface area contributed by atoms with Crippen molar-refractivity contribution in [2.45, 2.75) is 33.1 Å². The van der Waals surface area contributed by atoms with Crippen molar-refractivity contribution in [1.29, 1.82) is 0 Å². The molecule has 11 heteroatoms. The van der Waals surface area contributed by atoms with E-state index in [1.807, 2.05) is 13.8 Å². The van der Waals surface area contributed by atoms with Crippen molar-refractivity contribution in [3.8, 4) is 0 Å². The summed E-state index contributed by atoms with van der Waals surface area (Å²) in [6, 6.07) is 0. The molecule has 2 saturated heterocycles. The molecule has 0 aromatic rings. The number of rotatable bonds is 10. The molecule has 2 fully saturated rings. The Labute approximate surface area is 191 Å². The van der Waals surface area contributed by atoms with Crippen molar-refractivity contribution in [2.75, 3.05) is 65.6 Å². The van der Waals surface area contributed by atoms with Gasteiger partial charge >= 0.3 is 0 Å². The third-order valence-electron chi connectivity index (χ3n) is 5.13. The molecule has 0 aromatic carbocycles. The minimum atomic E-state index is 0.510. The molecule has 0 unspecified atom stereocenters. The van der Waals surface area contributed by atoms with Crippen molar-refractivity contribution in [1.82, 2.24) is 31.3 Å². The Kier molecular flexibility index (Phi) is 12.1. The van der Waals surface area contributed by atoms with Crippen LogP contribution in [0.1, 0.15) is 33.1 Å². The maximum Gasteiger partial charge on any atom is 0.187 e. The molecule has 0 amide bonds. The Hall–Kier alpha value is -1.40. The molecule has 2 heterocycles. The highest BCUT2D eigenvalue weighted by Crippen LogP contribution is 2.05. The molecule has 0 aliphatic carbocycles. The Morgan fingerprint density at radius 2 is 1.33 bits per heavy atom. The number of morpholine rings is 1. The second-order valence-electron chi connectivity index (χ2n) is 7.49. The third kappa shape index (κ3) is 10.6. The van der Waals surface area contributed by atoms with Gasteiger partial charge in [-0.05, 0) is 77.2 Å². The van der Waals surface area contributed by atoms with Gasteiger partial charge in [-0.1, -0.05) is 0 Å². The monoisotopic (exact) mass is 456 g/mol. The largest absolute Gasteiger partial charge is 0.379 e. The first-order chi connectivity index (χ1) is 14.5. The first-order valence-corrected chi connectivity index (χ1v) is 11.6. The van der Waals surface area contributed by atoms with Gasteiger partial charge in [-0.3, -0.25) is 15.8 Å². The van der Waals surface area contributed by atoms with Crippen molar-refractivity contribution < 1.29 is 4.74 Å². The van der Waals surface area contributed by atoms with E-state index in [4.69, 9.17) is 29.2 Å². The lowest BCUT2D eigenvalue weighted by Crippen LogP contribution is -2.39. The van der Waals surface area contributed by atoms with Gasteiger partial charge in [-0.2, -0.15) is 10.2 Å². The van der Waals surface area contributed by atoms with Crippen LogP contribution in [-0.4, -0.2) is 97.0 Å². The second-order valence-corrected chi connectivity index (χ2v) is 8.30. The van der Waals surface area contributed by atoms with Crippen LogP contribution in [0.5, 0.6) is 0 Å². The van der Waals surface area contributed by atoms with E-state index in [1.165, 1.54) is 25.9 Å². The molecule has 2 aliphatic rings. The smallest absolute Gasteiger partial charge is 0.187 e. The number of hydrogen-bond donors (Lipinski definition) is 4. The Morgan fingerprint density at radius 1 is 0.800 bits per heavy atom. The molecule has 0 spiro atoms. The summed E-state index contributed by atoms with van der Waals surface area (Å²) in [6.07, 6.45) is 3.62. The molecule has 0 aromatic heterocycles. The highest BCUT2D eigenvalue weighted by molar-refractivity contribution is 7.80. The average Bonchev–Trinajstić information content (AvgIpc) is 3.27. The summed E-state index contributed by atoms with van der Waals surface area (Å²) >= 11 is 10.5. The molecule has 2 rings (SSSR count). The maximum absolute atomic E-state index is 5.36. The molecular weight excluding hydrogens is 420 g/mol. The van der Waals surface area contributed by atoms with Gasteiger partial charge in [-0.15, -0.1) is 0 Å². The predicted molar refractivity (Wildman–Crippen MR) is 131 cm³/mol. The van der Waals surface area contributed by atoms with Crippen LogP contribution in [0.4, 0.5) is 0 Å². The zero-order valence-electron chi connectivity index (χ0n) is 18.2. The summed E-state index contributed by atoms with van der Waals surface area (Å²) in [7, 11) is 0. The standard InChI is InChI=1S/C19H36N8OS2/c1-16(17(2)23-25-19(30)21-7-11-26-8-3-4-9-26)22-24-18(29)20-6-5-10-27-12-14-28-15-13-27/h3-15H2,1-2H3,(H2,20,24,29)(H2,21,25,30)/b22-16-,23-17-. The van der Waals surface area contributed by atoms with E-state index in [2.05, 4.69) is 41.5 Å². The van der Waals surface area contributed by atoms with E-state index < -0.39 is 0 Å². The molecule has 170 valence electrons. The summed E-state index contributed by atoms with van der Waals surface area (Å²) in [6.45, 7) is 13.5. The highest BCUT2D eigenvalue weighted by Gasteiger charge is 2.11. The van der Waals surface area contributed by atoms with E-state index in [1.54, 1.807) is 0 Å². The number of nitrogens with one attached hydrogen (secondary N) is 4. The lowest BCUT2D eigenvalue weighted by molar-refractivity contribution is 0.0376. The van der Waals surface area contributed by atoms with Crippen LogP contribution in [-0.2, 0) is 4.74 Å². The van der Waals surface area contributed by atoms with E-state index in [-0.39, 0.29) is 0 Å². The molecule has 0 atom stereocenters. The van der Waals surface area contributed by atoms with Gasteiger partial charge < -0.3 is 20.3 Å². The zero-order chi connectivity index (χ0) is 21.6. The summed E-state index contributed by atoms with van der Waals surface area (Å²) in [5, 5.41) is 15.9. The number of nitrogens with zero attached hydrogens (tertiary/aromatic N) is 4. The van der Waals surface area contributed by atoms with Crippen molar-refractivity contribution in [3.63, 3.8) is 0 Å². The maximum atomic E-state index is 5.36. The molecule has 0 bridgehead atoms. The van der Waals surface area contributed by atoms with Gasteiger partial charge in [0, 0.05) is 32.7 Å². The number of hydrazone groups is 2. The van der Waals surface area contributed by atoms with Crippen LogP contribution in [0, 0.1) is 0 Å². The minimum absolute atomic E-state index is 0.510. The third-order valence-corrected chi connectivity index (χ3v) is 5.60. The molecule has 0 saturated carbocycles. The van der Waals surface area contributed by atoms with E-state index in [0.717, 1.165) is 70.3 Å². The first-order valence-electron chi connectivity index (χ1n) is 10.7. The first kappa shape index (κ1) is 24.9. The van der Waals surface area contributed by atoms with Crippen LogP contribution in [0.3, 0.4) is 0 Å². The summed E-state index contributed by atoms with van der Waals surface area (Å²) in [5.41, 5.74) is 7.21. The second kappa shape index (κ2) is 14.6. The predicted octanol–water partition coefficient (Wildman–Crippen LogP) is 0.485. The van der Waals surface area contributed by atoms with Gasteiger partial charge in [0.05, 0.1) is 24.6 Å². The van der Waals surface area contributed by atoms with E-state index in [9.17, 15) is 0 Å². The van der Waals surface area contributed by atoms with Gasteiger partial charge in [-0.25, -0.2) is 0 Å². The van der Waals surface area contributed by atoms with Crippen LogP contribution in [0.25, 0.3) is 0 Å². The fourth-order valence-electron chi connectivity index (χ4n) is 3.17. The van der Waals surface area contributed by atoms with Gasteiger partial charge in [0.2, 0.25) is 0 Å². The van der Waals surface area contributed by atoms with Gasteiger partial charge in [0.25, 0.3) is 0 Å². The topological polar surface area (TPSA) is 88.5 Å². The molecule has 9 nitrogen and oxygen atoms in total. The summed E-state index contributed by atoms with van der Waals surface area (Å²) < 4.78 is 5.36. The average molecular weight is 457 g/mol. The highest BCUT2D eigenvalue weighted by atomic mass is 32.1. The van der Waals surface area contributed by atoms with Crippen LogP contribution < -0.4 is 21.5 Å². The van der Waals surface area contributed by atoms with Crippen LogP contribution in [0.2, 0.25) is 0 Å². The van der Waals surface area contributed by atoms with Crippen molar-refractivity contribution in [2.24, 2.45) is 10.2 Å². The SMILES string of the molecule is CC(=N/NC(=S)NCCCN1CCOCC1)/C(C)=N\NC(=S)NCCN1CCCC1. The van der Waals surface area contributed by atoms with Gasteiger partial charge in [0.15, 0.2) is 10.2 Å². The van der Waals surface area contributed by atoms with E-state index in [0.29, 0.717) is 10.2 Å². The Morgan fingerprint density at radius 3 is 1.93 bits per heavy atom. The molecule has 2 aliphatic heterocycles. The van der Waals surface area contributed by atoms with E-state index >= 15 is 0 Å². The molecule has 0 radical (unpaired) electrons. The zero-order valence-corrected chi connectivity index (χ0v) is 19.8. The minimum Gasteiger partial charge on any atom is -0.379 e. The Bertz CT molecular complexity index is 601. The van der Waals surface area contributed by atoms with Crippen molar-refractivity contribution in [3.05, 3.63) is 0 Å². The number of hydrogen-bond acceptors (Lipinski definition) is 7. The normalized spacial score (nSPS) is 18.9. The fourth-order valence-corrected chi connectivity index (χ4v) is 3.47. The van der Waals surface area contributed by atoms with Crippen LogP contribution >= 0.6 is 24.4 Å². The summed E-state index contributed by atoms with van der Waals surface area (Å²) in [5.74, 6) is 0. The quantitative estimate of drug-likeness (QED) is 0.162. The number of likely N-dealkylation sites (tertiary alicyclic amines) is 1. The lowest BCUT2D eigenvalue weighted by Gasteiger charge is -2.26. The van der Waals surface area contributed by atoms with Crippen molar-refractivity contribution >= 4 is 46.1 Å².